The first-order chi connectivity index (χ1) is 14.2. The van der Waals surface area contributed by atoms with Crippen LogP contribution in [-0.4, -0.2) is 50.3 Å². The van der Waals surface area contributed by atoms with E-state index in [1.165, 1.54) is 0 Å². The third-order valence-corrected chi connectivity index (χ3v) is 5.41. The number of carbonyl (C=O) groups is 1. The number of hydrogen-bond acceptors (Lipinski definition) is 4. The van der Waals surface area contributed by atoms with Gasteiger partial charge in [0.25, 0.3) is 5.91 Å². The Morgan fingerprint density at radius 3 is 2.76 bits per heavy atom. The van der Waals surface area contributed by atoms with Gasteiger partial charge in [-0.2, -0.15) is 0 Å². The van der Waals surface area contributed by atoms with Crippen LogP contribution in [0.3, 0.4) is 0 Å². The van der Waals surface area contributed by atoms with Gasteiger partial charge < -0.3 is 14.8 Å². The van der Waals surface area contributed by atoms with Crippen molar-refractivity contribution in [3.05, 3.63) is 64.7 Å². The zero-order chi connectivity index (χ0) is 20.5. The van der Waals surface area contributed by atoms with Crippen LogP contribution in [0.4, 0.5) is 0 Å². The number of hydrogen-bond donors (Lipinski definition) is 1. The van der Waals surface area contributed by atoms with Gasteiger partial charge in [-0.05, 0) is 36.2 Å². The quantitative estimate of drug-likeness (QED) is 0.618. The van der Waals surface area contributed by atoms with Crippen LogP contribution < -0.4 is 10.1 Å². The molecule has 0 aromatic heterocycles. The first kappa shape index (κ1) is 21.6. The maximum absolute atomic E-state index is 12.8. The molecule has 3 rings (SSSR count). The lowest BCUT2D eigenvalue weighted by Gasteiger charge is -2.35. The average molecular weight is 417 g/mol. The number of morpholine rings is 1. The first-order valence-corrected chi connectivity index (χ1v) is 10.6. The highest BCUT2D eigenvalue weighted by Crippen LogP contribution is 2.28. The fraction of sp³-hybridized carbons (Fsp3) is 0.435. The SMILES string of the molecule is CCCCOc1cccc(C(=O)NC[C@@H](c2ccccc2Cl)N2CCOCC2)c1. The van der Waals surface area contributed by atoms with E-state index in [0.29, 0.717) is 37.0 Å². The summed E-state index contributed by atoms with van der Waals surface area (Å²) in [6, 6.07) is 15.2. The Morgan fingerprint density at radius 1 is 1.21 bits per heavy atom. The molecule has 1 aliphatic heterocycles. The van der Waals surface area contributed by atoms with Gasteiger partial charge >= 0.3 is 0 Å². The van der Waals surface area contributed by atoms with Crippen molar-refractivity contribution in [1.29, 1.82) is 0 Å². The van der Waals surface area contributed by atoms with Crippen LogP contribution in [0.15, 0.2) is 48.5 Å². The van der Waals surface area contributed by atoms with Crippen molar-refractivity contribution >= 4 is 17.5 Å². The van der Waals surface area contributed by atoms with Gasteiger partial charge in [-0.25, -0.2) is 0 Å². The molecule has 0 bridgehead atoms. The van der Waals surface area contributed by atoms with E-state index < -0.39 is 0 Å². The molecule has 0 aliphatic carbocycles. The lowest BCUT2D eigenvalue weighted by molar-refractivity contribution is 0.0162. The fourth-order valence-electron chi connectivity index (χ4n) is 3.42. The molecule has 0 saturated carbocycles. The summed E-state index contributed by atoms with van der Waals surface area (Å²) in [5.74, 6) is 0.609. The van der Waals surface area contributed by atoms with E-state index in [4.69, 9.17) is 21.1 Å². The Hall–Kier alpha value is -2.08. The number of nitrogens with zero attached hydrogens (tertiary/aromatic N) is 1. The number of nitrogens with one attached hydrogen (secondary N) is 1. The van der Waals surface area contributed by atoms with Gasteiger partial charge in [0.05, 0.1) is 25.9 Å². The van der Waals surface area contributed by atoms with E-state index in [1.807, 2.05) is 36.4 Å². The Kier molecular flexibility index (Phi) is 8.35. The third kappa shape index (κ3) is 6.20. The summed E-state index contributed by atoms with van der Waals surface area (Å²) >= 11 is 6.46. The van der Waals surface area contributed by atoms with E-state index in [-0.39, 0.29) is 11.9 Å². The van der Waals surface area contributed by atoms with E-state index in [0.717, 1.165) is 37.2 Å². The first-order valence-electron chi connectivity index (χ1n) is 10.3. The molecule has 0 radical (unpaired) electrons. The maximum atomic E-state index is 12.8. The molecule has 1 atom stereocenters. The minimum absolute atomic E-state index is 0.000497. The van der Waals surface area contributed by atoms with Gasteiger partial charge in [-0.3, -0.25) is 9.69 Å². The zero-order valence-corrected chi connectivity index (χ0v) is 17.7. The number of halogens is 1. The van der Waals surface area contributed by atoms with Gasteiger partial charge in [-0.1, -0.05) is 49.2 Å². The smallest absolute Gasteiger partial charge is 0.251 e. The van der Waals surface area contributed by atoms with Crippen molar-refractivity contribution < 1.29 is 14.3 Å². The number of amides is 1. The molecular weight excluding hydrogens is 388 g/mol. The Morgan fingerprint density at radius 2 is 2.00 bits per heavy atom. The summed E-state index contributed by atoms with van der Waals surface area (Å²) in [4.78, 5) is 15.1. The molecule has 6 heteroatoms. The van der Waals surface area contributed by atoms with Crippen LogP contribution in [0.5, 0.6) is 5.75 Å². The second-order valence-corrected chi connectivity index (χ2v) is 7.53. The Labute approximate surface area is 177 Å². The van der Waals surface area contributed by atoms with E-state index in [2.05, 4.69) is 17.1 Å². The van der Waals surface area contributed by atoms with Gasteiger partial charge in [0.15, 0.2) is 0 Å². The molecule has 5 nitrogen and oxygen atoms in total. The highest BCUT2D eigenvalue weighted by atomic mass is 35.5. The minimum Gasteiger partial charge on any atom is -0.494 e. The van der Waals surface area contributed by atoms with Crippen LogP contribution in [0.2, 0.25) is 5.02 Å². The monoisotopic (exact) mass is 416 g/mol. The van der Waals surface area contributed by atoms with Gasteiger partial charge in [0.2, 0.25) is 0 Å². The van der Waals surface area contributed by atoms with Gasteiger partial charge in [0.1, 0.15) is 5.75 Å². The van der Waals surface area contributed by atoms with Crippen LogP contribution in [0.25, 0.3) is 0 Å². The molecule has 0 unspecified atom stereocenters. The van der Waals surface area contributed by atoms with Gasteiger partial charge in [-0.15, -0.1) is 0 Å². The molecule has 0 spiro atoms. The number of rotatable bonds is 9. The van der Waals surface area contributed by atoms with Crippen molar-refractivity contribution in [2.24, 2.45) is 0 Å². The highest BCUT2D eigenvalue weighted by molar-refractivity contribution is 6.31. The lowest BCUT2D eigenvalue weighted by atomic mass is 10.0. The largest absolute Gasteiger partial charge is 0.494 e. The van der Waals surface area contributed by atoms with Crippen molar-refractivity contribution in [1.82, 2.24) is 10.2 Å². The topological polar surface area (TPSA) is 50.8 Å². The highest BCUT2D eigenvalue weighted by Gasteiger charge is 2.25. The summed E-state index contributed by atoms with van der Waals surface area (Å²) < 4.78 is 11.2. The summed E-state index contributed by atoms with van der Waals surface area (Å²) in [5, 5.41) is 3.79. The zero-order valence-electron chi connectivity index (χ0n) is 16.9. The summed E-state index contributed by atoms with van der Waals surface area (Å²) in [7, 11) is 0. The molecule has 2 aromatic carbocycles. The molecule has 1 N–H and O–H groups in total. The Bertz CT molecular complexity index is 793. The number of ether oxygens (including phenoxy) is 2. The molecule has 2 aromatic rings. The number of carbonyl (C=O) groups excluding carboxylic acids is 1. The summed E-state index contributed by atoms with van der Waals surface area (Å²) in [5.41, 5.74) is 1.62. The number of benzene rings is 2. The molecule has 1 amide bonds. The predicted molar refractivity (Wildman–Crippen MR) is 116 cm³/mol. The average Bonchev–Trinajstić information content (AvgIpc) is 2.76. The van der Waals surface area contributed by atoms with E-state index >= 15 is 0 Å². The summed E-state index contributed by atoms with van der Waals surface area (Å²) in [6.45, 7) is 6.25. The maximum Gasteiger partial charge on any atom is 0.251 e. The normalized spacial score (nSPS) is 15.7. The Balaban J connectivity index is 1.68. The molecule has 156 valence electrons. The van der Waals surface area contributed by atoms with Crippen molar-refractivity contribution in [2.75, 3.05) is 39.5 Å². The van der Waals surface area contributed by atoms with Crippen molar-refractivity contribution in [3.8, 4) is 5.75 Å². The summed E-state index contributed by atoms with van der Waals surface area (Å²) in [6.07, 6.45) is 2.07. The van der Waals surface area contributed by atoms with E-state index in [9.17, 15) is 4.79 Å². The van der Waals surface area contributed by atoms with Crippen molar-refractivity contribution in [3.63, 3.8) is 0 Å². The second kappa shape index (κ2) is 11.2. The third-order valence-electron chi connectivity index (χ3n) is 5.07. The standard InChI is InChI=1S/C23H29ClN2O3/c1-2-3-13-29-19-8-6-7-18(16-19)23(27)25-17-22(26-11-14-28-15-12-26)20-9-4-5-10-21(20)24/h4-10,16,22H,2-3,11-15,17H2,1H3,(H,25,27)/t22-/m0/s1. The van der Waals surface area contributed by atoms with E-state index in [1.54, 1.807) is 12.1 Å². The molecule has 1 heterocycles. The number of unbranched alkanes of at least 4 members (excludes halogenated alkanes) is 1. The van der Waals surface area contributed by atoms with Crippen LogP contribution in [0.1, 0.15) is 41.7 Å². The predicted octanol–water partition coefficient (Wildman–Crippen LogP) is 4.32. The molecule has 1 fully saturated rings. The van der Waals surface area contributed by atoms with Gasteiger partial charge in [0, 0.05) is 30.2 Å². The molecule has 1 saturated heterocycles. The molecular formula is C23H29ClN2O3. The fourth-order valence-corrected chi connectivity index (χ4v) is 3.68. The molecule has 29 heavy (non-hydrogen) atoms. The second-order valence-electron chi connectivity index (χ2n) is 7.13. The van der Waals surface area contributed by atoms with Crippen LogP contribution in [0, 0.1) is 0 Å². The van der Waals surface area contributed by atoms with Crippen molar-refractivity contribution in [2.45, 2.75) is 25.8 Å². The molecule has 1 aliphatic rings. The lowest BCUT2D eigenvalue weighted by Crippen LogP contribution is -2.44. The van der Waals surface area contributed by atoms with Crippen LogP contribution in [-0.2, 0) is 4.74 Å². The minimum atomic E-state index is -0.115. The van der Waals surface area contributed by atoms with Crippen LogP contribution >= 0.6 is 11.6 Å².